The summed E-state index contributed by atoms with van der Waals surface area (Å²) in [5.41, 5.74) is 0.999. The molecule has 4 aromatic rings. The van der Waals surface area contributed by atoms with E-state index in [4.69, 9.17) is 4.74 Å². The molecule has 29 heavy (non-hydrogen) atoms. The lowest BCUT2D eigenvalue weighted by Gasteiger charge is -2.05. The van der Waals surface area contributed by atoms with Crippen LogP contribution in [0.3, 0.4) is 0 Å². The summed E-state index contributed by atoms with van der Waals surface area (Å²) in [5, 5.41) is 15.5. The number of carbonyl (C=O) groups is 2. The quantitative estimate of drug-likeness (QED) is 0.419. The summed E-state index contributed by atoms with van der Waals surface area (Å²) in [6.07, 6.45) is 0.259. The van der Waals surface area contributed by atoms with Crippen LogP contribution < -0.4 is 15.4 Å². The van der Waals surface area contributed by atoms with E-state index in [9.17, 15) is 9.59 Å². The number of aromatic nitrogens is 2. The summed E-state index contributed by atoms with van der Waals surface area (Å²) in [5.74, 6) is 1.07. The van der Waals surface area contributed by atoms with Crippen molar-refractivity contribution < 1.29 is 14.3 Å². The molecule has 0 saturated carbocycles. The molecule has 0 fully saturated rings. The average molecular weight is 427 g/mol. The number of hydrogen-bond acceptors (Lipinski definition) is 6. The van der Waals surface area contributed by atoms with Gasteiger partial charge < -0.3 is 15.4 Å². The zero-order valence-corrected chi connectivity index (χ0v) is 17.2. The SMILES string of the molecule is COc1ccc(CNC(=O)Cc2cc3c(NC(=O)c4cccs4)[nH]nc3s2)cc1. The highest BCUT2D eigenvalue weighted by Gasteiger charge is 2.15. The van der Waals surface area contributed by atoms with Gasteiger partial charge in [-0.25, -0.2) is 0 Å². The second-order valence-corrected chi connectivity index (χ2v) is 8.33. The Labute approximate surface area is 174 Å². The fourth-order valence-electron chi connectivity index (χ4n) is 2.79. The number of H-pyrrole nitrogens is 1. The van der Waals surface area contributed by atoms with Gasteiger partial charge >= 0.3 is 0 Å². The van der Waals surface area contributed by atoms with Crippen molar-refractivity contribution in [3.8, 4) is 5.75 Å². The van der Waals surface area contributed by atoms with Gasteiger partial charge in [0.1, 0.15) is 16.4 Å². The van der Waals surface area contributed by atoms with Gasteiger partial charge in [-0.1, -0.05) is 18.2 Å². The maximum Gasteiger partial charge on any atom is 0.266 e. The molecule has 0 aliphatic rings. The molecule has 2 amide bonds. The molecule has 0 aliphatic carbocycles. The van der Waals surface area contributed by atoms with Crippen LogP contribution in [-0.2, 0) is 17.8 Å². The fraction of sp³-hybridized carbons (Fsp3) is 0.150. The van der Waals surface area contributed by atoms with Gasteiger partial charge in [0.25, 0.3) is 5.91 Å². The number of fused-ring (bicyclic) bond motifs is 1. The Kier molecular flexibility index (Phi) is 5.59. The Morgan fingerprint density at radius 3 is 2.76 bits per heavy atom. The molecule has 3 N–H and O–H groups in total. The largest absolute Gasteiger partial charge is 0.497 e. The molecule has 0 unspecified atom stereocenters. The van der Waals surface area contributed by atoms with Crippen molar-refractivity contribution >= 4 is 50.5 Å². The van der Waals surface area contributed by atoms with Crippen LogP contribution in [0.25, 0.3) is 10.2 Å². The number of anilines is 1. The molecule has 3 heterocycles. The van der Waals surface area contributed by atoms with Crippen molar-refractivity contribution in [1.82, 2.24) is 15.5 Å². The minimum Gasteiger partial charge on any atom is -0.497 e. The lowest BCUT2D eigenvalue weighted by atomic mass is 10.2. The number of nitrogens with zero attached hydrogens (tertiary/aromatic N) is 1. The first-order valence-corrected chi connectivity index (χ1v) is 10.5. The van der Waals surface area contributed by atoms with Crippen LogP contribution in [0, 0.1) is 0 Å². The molecule has 0 atom stereocenters. The molecule has 148 valence electrons. The lowest BCUT2D eigenvalue weighted by molar-refractivity contribution is -0.120. The first-order valence-electron chi connectivity index (χ1n) is 8.83. The molecular formula is C20H18N4O3S2. The van der Waals surface area contributed by atoms with Crippen molar-refractivity contribution in [3.63, 3.8) is 0 Å². The number of aromatic amines is 1. The topological polar surface area (TPSA) is 96.1 Å². The van der Waals surface area contributed by atoms with E-state index in [-0.39, 0.29) is 18.2 Å². The number of thiophene rings is 2. The number of hydrogen-bond donors (Lipinski definition) is 3. The molecule has 0 aliphatic heterocycles. The highest BCUT2D eigenvalue weighted by atomic mass is 32.1. The fourth-order valence-corrected chi connectivity index (χ4v) is 4.40. The Balaban J connectivity index is 1.37. The summed E-state index contributed by atoms with van der Waals surface area (Å²) >= 11 is 2.80. The van der Waals surface area contributed by atoms with E-state index in [0.29, 0.717) is 17.2 Å². The maximum atomic E-state index is 12.3. The van der Waals surface area contributed by atoms with E-state index in [2.05, 4.69) is 20.8 Å². The van der Waals surface area contributed by atoms with E-state index in [1.54, 1.807) is 13.2 Å². The summed E-state index contributed by atoms with van der Waals surface area (Å²) < 4.78 is 5.13. The van der Waals surface area contributed by atoms with Gasteiger partial charge in [-0.2, -0.15) is 5.10 Å². The second kappa shape index (κ2) is 8.46. The molecule has 0 bridgehead atoms. The molecule has 0 radical (unpaired) electrons. The maximum absolute atomic E-state index is 12.3. The average Bonchev–Trinajstić information content (AvgIpc) is 3.46. The van der Waals surface area contributed by atoms with E-state index in [1.165, 1.54) is 22.7 Å². The van der Waals surface area contributed by atoms with Crippen LogP contribution in [0.1, 0.15) is 20.1 Å². The van der Waals surface area contributed by atoms with Crippen molar-refractivity contribution in [2.45, 2.75) is 13.0 Å². The van der Waals surface area contributed by atoms with Crippen molar-refractivity contribution in [2.24, 2.45) is 0 Å². The Hall–Kier alpha value is -3.17. The zero-order valence-electron chi connectivity index (χ0n) is 15.5. The third kappa shape index (κ3) is 4.47. The molecule has 4 rings (SSSR count). The van der Waals surface area contributed by atoms with Crippen LogP contribution in [0.5, 0.6) is 5.75 Å². The predicted octanol–water partition coefficient (Wildman–Crippen LogP) is 3.81. The smallest absolute Gasteiger partial charge is 0.266 e. The Bertz CT molecular complexity index is 1130. The summed E-state index contributed by atoms with van der Waals surface area (Å²) in [6.45, 7) is 0.452. The molecular weight excluding hydrogens is 408 g/mol. The van der Waals surface area contributed by atoms with Gasteiger partial charge in [-0.05, 0) is 35.2 Å². The highest BCUT2D eigenvalue weighted by Crippen LogP contribution is 2.30. The third-order valence-corrected chi connectivity index (χ3v) is 6.17. The van der Waals surface area contributed by atoms with E-state index < -0.39 is 0 Å². The molecule has 0 saturated heterocycles. The molecule has 3 aromatic heterocycles. The van der Waals surface area contributed by atoms with Crippen LogP contribution in [0.4, 0.5) is 5.82 Å². The number of carbonyl (C=O) groups excluding carboxylic acids is 2. The number of rotatable bonds is 7. The van der Waals surface area contributed by atoms with Crippen molar-refractivity contribution in [1.29, 1.82) is 0 Å². The van der Waals surface area contributed by atoms with Crippen LogP contribution in [0.2, 0.25) is 0 Å². The van der Waals surface area contributed by atoms with Crippen LogP contribution >= 0.6 is 22.7 Å². The van der Waals surface area contributed by atoms with Gasteiger partial charge in [-0.3, -0.25) is 14.7 Å². The number of ether oxygens (including phenoxy) is 1. The lowest BCUT2D eigenvalue weighted by Crippen LogP contribution is -2.24. The van der Waals surface area contributed by atoms with E-state index in [1.807, 2.05) is 41.8 Å². The zero-order chi connectivity index (χ0) is 20.2. The van der Waals surface area contributed by atoms with E-state index in [0.717, 1.165) is 26.4 Å². The van der Waals surface area contributed by atoms with Gasteiger partial charge in [0.2, 0.25) is 5.91 Å². The summed E-state index contributed by atoms with van der Waals surface area (Å²) in [7, 11) is 1.62. The predicted molar refractivity (Wildman–Crippen MR) is 115 cm³/mol. The van der Waals surface area contributed by atoms with Gasteiger partial charge in [0.15, 0.2) is 0 Å². The van der Waals surface area contributed by atoms with Crippen LogP contribution in [-0.4, -0.2) is 29.1 Å². The number of methoxy groups -OCH3 is 1. The minimum absolute atomic E-state index is 0.0714. The first kappa shape index (κ1) is 19.2. The molecule has 9 heteroatoms. The first-order chi connectivity index (χ1) is 14.1. The summed E-state index contributed by atoms with van der Waals surface area (Å²) in [4.78, 5) is 26.8. The van der Waals surface area contributed by atoms with Crippen molar-refractivity contribution in [2.75, 3.05) is 12.4 Å². The number of nitrogens with one attached hydrogen (secondary N) is 3. The monoisotopic (exact) mass is 426 g/mol. The Morgan fingerprint density at radius 2 is 2.03 bits per heavy atom. The number of amides is 2. The minimum atomic E-state index is -0.185. The molecule has 0 spiro atoms. The highest BCUT2D eigenvalue weighted by molar-refractivity contribution is 7.18. The van der Waals surface area contributed by atoms with Crippen LogP contribution in [0.15, 0.2) is 47.8 Å². The van der Waals surface area contributed by atoms with E-state index >= 15 is 0 Å². The van der Waals surface area contributed by atoms with Gasteiger partial charge in [0, 0.05) is 11.4 Å². The van der Waals surface area contributed by atoms with Crippen molar-refractivity contribution in [3.05, 3.63) is 63.2 Å². The number of benzene rings is 1. The van der Waals surface area contributed by atoms with Gasteiger partial charge in [0.05, 0.1) is 23.8 Å². The standard InChI is InChI=1S/C20H18N4O3S2/c1-27-13-6-4-12(5-7-13)11-21-17(25)10-14-9-15-18(23-24-20(15)29-14)22-19(26)16-3-2-8-28-16/h2-9H,10-11H2,1H3,(H,21,25)(H2,22,23,24,26). The third-order valence-electron chi connectivity index (χ3n) is 4.27. The molecule has 1 aromatic carbocycles. The summed E-state index contributed by atoms with van der Waals surface area (Å²) in [6, 6.07) is 13.0. The molecule has 7 nitrogen and oxygen atoms in total. The Morgan fingerprint density at radius 1 is 1.21 bits per heavy atom. The van der Waals surface area contributed by atoms with Gasteiger partial charge in [-0.15, -0.1) is 22.7 Å². The second-order valence-electron chi connectivity index (χ2n) is 6.26. The normalized spacial score (nSPS) is 10.8.